The number of carboxylic acids is 1. The van der Waals surface area contributed by atoms with Gasteiger partial charge < -0.3 is 29.8 Å². The van der Waals surface area contributed by atoms with E-state index in [0.29, 0.717) is 28.8 Å². The summed E-state index contributed by atoms with van der Waals surface area (Å²) in [5, 5.41) is 19.6. The molecule has 4 rings (SSSR count). The van der Waals surface area contributed by atoms with Crippen LogP contribution in [0, 0.1) is 0 Å². The maximum Gasteiger partial charge on any atom is 0.421 e. The molecule has 0 radical (unpaired) electrons. The van der Waals surface area contributed by atoms with Gasteiger partial charge in [-0.2, -0.15) is 13.2 Å². The molecule has 7 nitrogen and oxygen atoms in total. The van der Waals surface area contributed by atoms with Gasteiger partial charge in [-0.25, -0.2) is 0 Å². The highest BCUT2D eigenvalue weighted by Gasteiger charge is 2.43. The predicted octanol–water partition coefficient (Wildman–Crippen LogP) is 5.37. The number of hydrogen-bond donors (Lipinski definition) is 3. The van der Waals surface area contributed by atoms with Crippen LogP contribution in [0.5, 0.6) is 11.5 Å². The number of furan rings is 1. The van der Waals surface area contributed by atoms with Crippen LogP contribution in [0.25, 0.3) is 22.1 Å². The van der Waals surface area contributed by atoms with Crippen molar-refractivity contribution in [3.63, 3.8) is 0 Å². The Bertz CT molecular complexity index is 1430. The summed E-state index contributed by atoms with van der Waals surface area (Å²) in [5.74, 6) is -1.31. The number of aliphatic hydroxyl groups excluding tert-OH is 1. The lowest BCUT2D eigenvalue weighted by molar-refractivity contribution is -0.211. The average molecular weight is 515 g/mol. The highest BCUT2D eigenvalue weighted by Crippen LogP contribution is 2.40. The summed E-state index contributed by atoms with van der Waals surface area (Å²) in [6.45, 7) is -0.108. The van der Waals surface area contributed by atoms with Crippen LogP contribution in [0.1, 0.15) is 28.6 Å². The third kappa shape index (κ3) is 5.71. The summed E-state index contributed by atoms with van der Waals surface area (Å²) in [6, 6.07) is 16.8. The standard InChI is InChI=1S/C27H24F3NO6/c1-35-19-7-5-18(11-24(32)33)23(12-19)36-14-21-20-10-17(16-4-2-3-15(9-16)13-31)6-8-22(20)37-25(21)26(34)27(28,29)30/h2-10,12,26,34H,11,13-14,31H2,1H3,(H,32,33). The zero-order valence-corrected chi connectivity index (χ0v) is 19.7. The Morgan fingerprint density at radius 3 is 2.51 bits per heavy atom. The molecule has 1 aromatic heterocycles. The fraction of sp³-hybridized carbons (Fsp3) is 0.222. The van der Waals surface area contributed by atoms with E-state index in [1.807, 2.05) is 24.3 Å². The number of benzene rings is 3. The number of ether oxygens (including phenoxy) is 2. The molecule has 0 aliphatic carbocycles. The quantitative estimate of drug-likeness (QED) is 0.275. The maximum atomic E-state index is 13.5. The molecular formula is C27H24F3NO6. The number of methoxy groups -OCH3 is 1. The van der Waals surface area contributed by atoms with Gasteiger partial charge in [-0.1, -0.05) is 30.3 Å². The third-order valence-corrected chi connectivity index (χ3v) is 5.86. The molecule has 0 fully saturated rings. The zero-order chi connectivity index (χ0) is 26.7. The van der Waals surface area contributed by atoms with Crippen LogP contribution in [0.2, 0.25) is 0 Å². The first kappa shape index (κ1) is 26.1. The Morgan fingerprint density at radius 2 is 1.84 bits per heavy atom. The van der Waals surface area contributed by atoms with E-state index in [0.717, 1.165) is 11.1 Å². The topological polar surface area (TPSA) is 115 Å². The lowest BCUT2D eigenvalue weighted by Crippen LogP contribution is -2.21. The first-order valence-electron chi connectivity index (χ1n) is 11.2. The number of carboxylic acid groups (broad SMARTS) is 1. The van der Waals surface area contributed by atoms with Crippen molar-refractivity contribution in [2.24, 2.45) is 5.73 Å². The van der Waals surface area contributed by atoms with Gasteiger partial charge in [0.25, 0.3) is 0 Å². The molecule has 0 spiro atoms. The summed E-state index contributed by atoms with van der Waals surface area (Å²) >= 11 is 0. The second-order valence-corrected chi connectivity index (χ2v) is 8.34. The van der Waals surface area contributed by atoms with Gasteiger partial charge in [0.15, 0.2) is 0 Å². The van der Waals surface area contributed by atoms with E-state index in [1.165, 1.54) is 25.3 Å². The molecule has 0 aliphatic heterocycles. The van der Waals surface area contributed by atoms with E-state index in [-0.39, 0.29) is 23.3 Å². The lowest BCUT2D eigenvalue weighted by atomic mass is 10.00. The molecule has 0 amide bonds. The van der Waals surface area contributed by atoms with E-state index in [9.17, 15) is 28.2 Å². The Hall–Kier alpha value is -4.02. The molecule has 4 N–H and O–H groups in total. The van der Waals surface area contributed by atoms with Crippen LogP contribution in [0.3, 0.4) is 0 Å². The van der Waals surface area contributed by atoms with Gasteiger partial charge in [0.05, 0.1) is 13.5 Å². The van der Waals surface area contributed by atoms with Gasteiger partial charge >= 0.3 is 12.1 Å². The van der Waals surface area contributed by atoms with E-state index in [4.69, 9.17) is 19.6 Å². The zero-order valence-electron chi connectivity index (χ0n) is 19.7. The minimum Gasteiger partial charge on any atom is -0.497 e. The number of hydrogen-bond acceptors (Lipinski definition) is 6. The van der Waals surface area contributed by atoms with Gasteiger partial charge in [-0.05, 0) is 41.0 Å². The van der Waals surface area contributed by atoms with Crippen molar-refractivity contribution in [3.05, 3.63) is 83.1 Å². The summed E-state index contributed by atoms with van der Waals surface area (Å²) in [4.78, 5) is 11.3. The van der Waals surface area contributed by atoms with Crippen molar-refractivity contribution in [2.75, 3.05) is 7.11 Å². The summed E-state index contributed by atoms with van der Waals surface area (Å²) in [7, 11) is 1.42. The highest BCUT2D eigenvalue weighted by atomic mass is 19.4. The molecular weight excluding hydrogens is 491 g/mol. The minimum absolute atomic E-state index is 0.0132. The molecule has 1 unspecified atom stereocenters. The highest BCUT2D eigenvalue weighted by molar-refractivity contribution is 5.87. The summed E-state index contributed by atoms with van der Waals surface area (Å²) in [6.07, 6.45) is -8.23. The summed E-state index contributed by atoms with van der Waals surface area (Å²) < 4.78 is 56.9. The van der Waals surface area contributed by atoms with Crippen molar-refractivity contribution in [1.29, 1.82) is 0 Å². The van der Waals surface area contributed by atoms with E-state index >= 15 is 0 Å². The molecule has 1 atom stereocenters. The fourth-order valence-corrected chi connectivity index (χ4v) is 4.00. The Balaban J connectivity index is 1.80. The van der Waals surface area contributed by atoms with Gasteiger partial charge in [-0.15, -0.1) is 0 Å². The number of alkyl halides is 3. The maximum absolute atomic E-state index is 13.5. The van der Waals surface area contributed by atoms with Gasteiger partial charge in [0, 0.05) is 29.1 Å². The number of halogens is 3. The minimum atomic E-state index is -4.98. The number of carbonyl (C=O) groups is 1. The summed E-state index contributed by atoms with van der Waals surface area (Å²) in [5.41, 5.74) is 8.54. The van der Waals surface area contributed by atoms with Crippen LogP contribution in [0.4, 0.5) is 13.2 Å². The van der Waals surface area contributed by atoms with Gasteiger partial charge in [0.2, 0.25) is 6.10 Å². The van der Waals surface area contributed by atoms with E-state index in [2.05, 4.69) is 0 Å². The normalized spacial score (nSPS) is 12.5. The Kier molecular flexibility index (Phi) is 7.42. The first-order valence-corrected chi connectivity index (χ1v) is 11.2. The molecule has 3 aromatic carbocycles. The van der Waals surface area contributed by atoms with Crippen molar-refractivity contribution >= 4 is 16.9 Å². The predicted molar refractivity (Wildman–Crippen MR) is 129 cm³/mol. The number of rotatable bonds is 9. The molecule has 4 aromatic rings. The Morgan fingerprint density at radius 1 is 1.08 bits per heavy atom. The number of nitrogens with two attached hydrogens (primary N) is 1. The lowest BCUT2D eigenvalue weighted by Gasteiger charge is -2.16. The number of fused-ring (bicyclic) bond motifs is 1. The molecule has 0 saturated heterocycles. The number of aliphatic carboxylic acids is 1. The van der Waals surface area contributed by atoms with Crippen LogP contribution in [-0.4, -0.2) is 29.5 Å². The van der Waals surface area contributed by atoms with E-state index in [1.54, 1.807) is 18.2 Å². The van der Waals surface area contributed by atoms with Crippen molar-refractivity contribution < 1.29 is 42.1 Å². The van der Waals surface area contributed by atoms with Crippen molar-refractivity contribution in [1.82, 2.24) is 0 Å². The smallest absolute Gasteiger partial charge is 0.421 e. The molecule has 0 bridgehead atoms. The Labute approximate surface area is 209 Å². The second-order valence-electron chi connectivity index (χ2n) is 8.34. The fourth-order valence-electron chi connectivity index (χ4n) is 4.00. The SMILES string of the molecule is COc1ccc(CC(=O)O)c(OCc2c(C(O)C(F)(F)F)oc3ccc(-c4cccc(CN)c4)cc23)c1. The molecule has 1 heterocycles. The van der Waals surface area contributed by atoms with Crippen LogP contribution in [-0.2, 0) is 24.4 Å². The van der Waals surface area contributed by atoms with Gasteiger partial charge in [-0.3, -0.25) is 4.79 Å². The molecule has 0 aliphatic rings. The average Bonchev–Trinajstić information content (AvgIpc) is 3.24. The van der Waals surface area contributed by atoms with Crippen LogP contribution < -0.4 is 15.2 Å². The van der Waals surface area contributed by atoms with Crippen LogP contribution >= 0.6 is 0 Å². The number of aliphatic hydroxyl groups is 1. The monoisotopic (exact) mass is 515 g/mol. The van der Waals surface area contributed by atoms with E-state index < -0.39 is 30.6 Å². The third-order valence-electron chi connectivity index (χ3n) is 5.86. The van der Waals surface area contributed by atoms with Crippen LogP contribution in [0.15, 0.2) is 65.1 Å². The molecule has 37 heavy (non-hydrogen) atoms. The second kappa shape index (κ2) is 10.5. The largest absolute Gasteiger partial charge is 0.497 e. The first-order chi connectivity index (χ1) is 17.6. The molecule has 194 valence electrons. The van der Waals surface area contributed by atoms with Crippen molar-refractivity contribution in [3.8, 4) is 22.6 Å². The molecule has 10 heteroatoms. The van der Waals surface area contributed by atoms with Gasteiger partial charge in [0.1, 0.15) is 29.4 Å². The van der Waals surface area contributed by atoms with Crippen molar-refractivity contribution in [2.45, 2.75) is 31.9 Å². The molecule has 0 saturated carbocycles.